The van der Waals surface area contributed by atoms with Gasteiger partial charge in [0.05, 0.1) is 10.2 Å². The number of thiophene rings is 1. The number of halogens is 4. The largest absolute Gasteiger partial charge is 0.451 e. The van der Waals surface area contributed by atoms with Gasteiger partial charge in [-0.2, -0.15) is 13.2 Å². The van der Waals surface area contributed by atoms with Gasteiger partial charge in [-0.3, -0.25) is 0 Å². The first-order chi connectivity index (χ1) is 6.48. The number of aromatic nitrogens is 2. The van der Waals surface area contributed by atoms with E-state index in [0.29, 0.717) is 4.70 Å². The maximum absolute atomic E-state index is 12.2. The van der Waals surface area contributed by atoms with E-state index in [-0.39, 0.29) is 10.7 Å². The van der Waals surface area contributed by atoms with E-state index in [0.717, 1.165) is 0 Å². The van der Waals surface area contributed by atoms with Crippen molar-refractivity contribution in [3.63, 3.8) is 0 Å². The summed E-state index contributed by atoms with van der Waals surface area (Å²) in [5.74, 6) is -1.20. The number of hydrogen-bond acceptors (Lipinski definition) is 3. The Hall–Kier alpha value is -0.880. The van der Waals surface area contributed by atoms with Crippen LogP contribution in [-0.2, 0) is 6.18 Å². The van der Waals surface area contributed by atoms with Gasteiger partial charge in [0.15, 0.2) is 5.15 Å². The zero-order valence-corrected chi connectivity index (χ0v) is 8.04. The lowest BCUT2D eigenvalue weighted by atomic mass is 10.4. The molecule has 0 unspecified atom stereocenters. The Kier molecular flexibility index (Phi) is 2.11. The van der Waals surface area contributed by atoms with Crippen LogP contribution in [0.2, 0.25) is 5.15 Å². The van der Waals surface area contributed by atoms with Gasteiger partial charge in [0.1, 0.15) is 0 Å². The third-order valence-corrected chi connectivity index (χ3v) is 2.81. The predicted octanol–water partition coefficient (Wildman–Crippen LogP) is 3.36. The fourth-order valence-electron chi connectivity index (χ4n) is 0.955. The highest BCUT2D eigenvalue weighted by Crippen LogP contribution is 2.31. The summed E-state index contributed by atoms with van der Waals surface area (Å²) >= 11 is 6.78. The molecular weight excluding hydrogens is 237 g/mol. The topological polar surface area (TPSA) is 25.8 Å². The highest BCUT2D eigenvalue weighted by molar-refractivity contribution is 7.17. The highest BCUT2D eigenvalue weighted by Gasteiger charge is 2.35. The Labute approximate surface area is 85.4 Å². The Bertz CT molecular complexity index is 479. The average molecular weight is 239 g/mol. The van der Waals surface area contributed by atoms with Crippen LogP contribution in [0.1, 0.15) is 5.82 Å². The van der Waals surface area contributed by atoms with Crippen molar-refractivity contribution in [3.05, 3.63) is 22.4 Å². The molecule has 0 aliphatic rings. The molecule has 2 heterocycles. The lowest BCUT2D eigenvalue weighted by Crippen LogP contribution is -2.10. The normalized spacial score (nSPS) is 12.3. The third-order valence-electron chi connectivity index (χ3n) is 1.52. The van der Waals surface area contributed by atoms with Gasteiger partial charge in [0.2, 0.25) is 5.82 Å². The average Bonchev–Trinajstić information content (AvgIpc) is 2.50. The molecule has 0 aromatic carbocycles. The molecule has 0 amide bonds. The molecule has 0 radical (unpaired) electrons. The Morgan fingerprint density at radius 3 is 2.64 bits per heavy atom. The molecule has 0 atom stereocenters. The number of fused-ring (bicyclic) bond motifs is 1. The summed E-state index contributed by atoms with van der Waals surface area (Å²) in [4.78, 5) is 6.54. The van der Waals surface area contributed by atoms with Crippen LogP contribution in [0.4, 0.5) is 13.2 Å². The maximum atomic E-state index is 12.2. The zero-order valence-electron chi connectivity index (χ0n) is 6.47. The SMILES string of the molecule is FC(F)(F)c1nc(Cl)c2sccc2n1. The van der Waals surface area contributed by atoms with E-state index in [1.807, 2.05) is 0 Å². The lowest BCUT2D eigenvalue weighted by molar-refractivity contribution is -0.144. The molecule has 74 valence electrons. The first-order valence-electron chi connectivity index (χ1n) is 3.46. The summed E-state index contributed by atoms with van der Waals surface area (Å²) in [6.07, 6.45) is -4.56. The number of nitrogens with zero attached hydrogens (tertiary/aromatic N) is 2. The third kappa shape index (κ3) is 1.55. The molecule has 0 saturated heterocycles. The second-order valence-corrected chi connectivity index (χ2v) is 3.74. The van der Waals surface area contributed by atoms with Crippen LogP contribution in [0.15, 0.2) is 11.4 Å². The van der Waals surface area contributed by atoms with Crippen LogP contribution in [0, 0.1) is 0 Å². The molecule has 2 aromatic heterocycles. The van der Waals surface area contributed by atoms with E-state index >= 15 is 0 Å². The molecule has 14 heavy (non-hydrogen) atoms. The van der Waals surface area contributed by atoms with E-state index in [9.17, 15) is 13.2 Å². The van der Waals surface area contributed by atoms with Crippen molar-refractivity contribution in [2.45, 2.75) is 6.18 Å². The Morgan fingerprint density at radius 2 is 2.00 bits per heavy atom. The number of rotatable bonds is 0. The van der Waals surface area contributed by atoms with Crippen molar-refractivity contribution in [2.24, 2.45) is 0 Å². The van der Waals surface area contributed by atoms with Crippen LogP contribution in [-0.4, -0.2) is 9.97 Å². The van der Waals surface area contributed by atoms with Gasteiger partial charge >= 0.3 is 6.18 Å². The highest BCUT2D eigenvalue weighted by atomic mass is 35.5. The fraction of sp³-hybridized carbons (Fsp3) is 0.143. The molecule has 2 rings (SSSR count). The molecular formula is C7H2ClF3N2S. The summed E-state index contributed by atoms with van der Waals surface area (Å²) in [5, 5.41) is 1.46. The molecule has 0 spiro atoms. The van der Waals surface area contributed by atoms with Crippen LogP contribution in [0.3, 0.4) is 0 Å². The monoisotopic (exact) mass is 238 g/mol. The van der Waals surface area contributed by atoms with Gasteiger partial charge in [-0.15, -0.1) is 11.3 Å². The van der Waals surface area contributed by atoms with Crippen molar-refractivity contribution in [1.29, 1.82) is 0 Å². The van der Waals surface area contributed by atoms with Crippen LogP contribution >= 0.6 is 22.9 Å². The minimum atomic E-state index is -4.56. The maximum Gasteiger partial charge on any atom is 0.451 e. The van der Waals surface area contributed by atoms with Crippen molar-refractivity contribution in [2.75, 3.05) is 0 Å². The minimum Gasteiger partial charge on any atom is -0.223 e. The van der Waals surface area contributed by atoms with E-state index in [1.54, 1.807) is 5.38 Å². The van der Waals surface area contributed by atoms with E-state index in [2.05, 4.69) is 9.97 Å². The van der Waals surface area contributed by atoms with Crippen LogP contribution in [0.25, 0.3) is 10.2 Å². The van der Waals surface area contributed by atoms with E-state index < -0.39 is 12.0 Å². The Morgan fingerprint density at radius 1 is 1.29 bits per heavy atom. The van der Waals surface area contributed by atoms with Crippen molar-refractivity contribution < 1.29 is 13.2 Å². The summed E-state index contributed by atoms with van der Waals surface area (Å²) < 4.78 is 37.1. The van der Waals surface area contributed by atoms with Crippen LogP contribution in [0.5, 0.6) is 0 Å². The molecule has 2 nitrogen and oxygen atoms in total. The molecule has 0 saturated carbocycles. The Balaban J connectivity index is 2.70. The van der Waals surface area contributed by atoms with Crippen LogP contribution < -0.4 is 0 Å². The molecule has 0 aliphatic carbocycles. The van der Waals surface area contributed by atoms with Gasteiger partial charge in [0, 0.05) is 0 Å². The molecule has 2 aromatic rings. The van der Waals surface area contributed by atoms with Crippen molar-refractivity contribution >= 4 is 33.2 Å². The molecule has 0 bridgehead atoms. The quantitative estimate of drug-likeness (QED) is 0.658. The standard InChI is InChI=1S/C7H2ClF3N2S/c8-5-4-3(1-2-14-4)12-6(13-5)7(9,10)11/h1-2H. The van der Waals surface area contributed by atoms with Gasteiger partial charge in [-0.25, -0.2) is 9.97 Å². The molecule has 7 heteroatoms. The second kappa shape index (κ2) is 3.06. The summed E-state index contributed by atoms with van der Waals surface area (Å²) in [5.41, 5.74) is 0.224. The van der Waals surface area contributed by atoms with E-state index in [1.165, 1.54) is 17.4 Å². The molecule has 0 fully saturated rings. The predicted molar refractivity (Wildman–Crippen MR) is 47.4 cm³/mol. The first-order valence-corrected chi connectivity index (χ1v) is 4.72. The van der Waals surface area contributed by atoms with Crippen molar-refractivity contribution in [3.8, 4) is 0 Å². The number of hydrogen-bond donors (Lipinski definition) is 0. The lowest BCUT2D eigenvalue weighted by Gasteiger charge is -2.04. The van der Waals surface area contributed by atoms with Crippen molar-refractivity contribution in [1.82, 2.24) is 9.97 Å². The minimum absolute atomic E-state index is 0.155. The van der Waals surface area contributed by atoms with E-state index in [4.69, 9.17) is 11.6 Å². The summed E-state index contributed by atoms with van der Waals surface area (Å²) in [6, 6.07) is 1.48. The van der Waals surface area contributed by atoms with Gasteiger partial charge in [-0.05, 0) is 11.4 Å². The van der Waals surface area contributed by atoms with Gasteiger partial charge < -0.3 is 0 Å². The summed E-state index contributed by atoms with van der Waals surface area (Å²) in [6.45, 7) is 0. The number of alkyl halides is 3. The fourth-order valence-corrected chi connectivity index (χ4v) is 1.98. The second-order valence-electron chi connectivity index (χ2n) is 2.47. The van der Waals surface area contributed by atoms with Gasteiger partial charge in [-0.1, -0.05) is 11.6 Å². The molecule has 0 aliphatic heterocycles. The summed E-state index contributed by atoms with van der Waals surface area (Å²) in [7, 11) is 0. The van der Waals surface area contributed by atoms with Gasteiger partial charge in [0.25, 0.3) is 0 Å². The zero-order chi connectivity index (χ0) is 10.3. The smallest absolute Gasteiger partial charge is 0.223 e. The molecule has 0 N–H and O–H groups in total. The first kappa shape index (κ1) is 9.67.